The van der Waals surface area contributed by atoms with E-state index < -0.39 is 6.35 Å². The van der Waals surface area contributed by atoms with E-state index in [4.69, 9.17) is 0 Å². The number of rotatable bonds is 1. The van der Waals surface area contributed by atoms with Crippen molar-refractivity contribution in [3.05, 3.63) is 36.2 Å². The van der Waals surface area contributed by atoms with Crippen molar-refractivity contribution >= 4 is 5.57 Å². The van der Waals surface area contributed by atoms with Gasteiger partial charge in [-0.25, -0.2) is 0 Å². The molecule has 0 amide bonds. The first-order valence-corrected chi connectivity index (χ1v) is 6.47. The van der Waals surface area contributed by atoms with Crippen LogP contribution in [0.15, 0.2) is 30.6 Å². The van der Waals surface area contributed by atoms with E-state index in [0.717, 1.165) is 5.56 Å². The summed E-state index contributed by atoms with van der Waals surface area (Å²) in [5, 5.41) is 14.6. The maximum Gasteiger partial charge on any atom is 0.166 e. The molecule has 0 radical (unpaired) electrons. The molecule has 1 saturated heterocycles. The summed E-state index contributed by atoms with van der Waals surface area (Å²) in [6.45, 7) is 2.17. The van der Waals surface area contributed by atoms with Gasteiger partial charge in [-0.1, -0.05) is 18.2 Å². The summed E-state index contributed by atoms with van der Waals surface area (Å²) in [5.74, 6) is 0. The van der Waals surface area contributed by atoms with Gasteiger partial charge in [-0.05, 0) is 26.6 Å². The third kappa shape index (κ3) is 1.55. The molecule has 5 nitrogen and oxygen atoms in total. The van der Waals surface area contributed by atoms with Crippen molar-refractivity contribution in [2.75, 3.05) is 14.1 Å². The van der Waals surface area contributed by atoms with Crippen LogP contribution < -0.4 is 0 Å². The van der Waals surface area contributed by atoms with E-state index >= 15 is 0 Å². The van der Waals surface area contributed by atoms with Crippen LogP contribution in [0.5, 0.6) is 0 Å². The van der Waals surface area contributed by atoms with Crippen molar-refractivity contribution in [2.24, 2.45) is 7.05 Å². The zero-order chi connectivity index (χ0) is 13.8. The minimum absolute atomic E-state index is 0.160. The standard InChI is InChI=1S/C14H20N4O/c1-14-11(10-8-15-16(2)9-10)6-5-7-12(14)17(3)13(19)18(14)4/h5-9,12-13,19H,1-4H3. The van der Waals surface area contributed by atoms with Crippen LogP contribution in [0.2, 0.25) is 0 Å². The Morgan fingerprint density at radius 1 is 1.32 bits per heavy atom. The molecule has 102 valence electrons. The van der Waals surface area contributed by atoms with Crippen molar-refractivity contribution in [1.82, 2.24) is 19.6 Å². The number of fused-ring (bicyclic) bond motifs is 1. The van der Waals surface area contributed by atoms with Gasteiger partial charge in [-0.3, -0.25) is 14.5 Å². The fourth-order valence-electron chi connectivity index (χ4n) is 3.31. The second-order valence-electron chi connectivity index (χ2n) is 5.58. The zero-order valence-electron chi connectivity index (χ0n) is 11.8. The highest BCUT2D eigenvalue weighted by Gasteiger charge is 2.53. The number of aliphatic hydroxyl groups excluding tert-OH is 1. The summed E-state index contributed by atoms with van der Waals surface area (Å²) in [6.07, 6.45) is 9.66. The van der Waals surface area contributed by atoms with Gasteiger partial charge in [-0.15, -0.1) is 0 Å². The van der Waals surface area contributed by atoms with E-state index in [2.05, 4.69) is 30.3 Å². The number of hydrogen-bond acceptors (Lipinski definition) is 4. The third-order valence-corrected chi connectivity index (χ3v) is 4.58. The lowest BCUT2D eigenvalue weighted by atomic mass is 9.78. The molecule has 1 aromatic heterocycles. The number of aryl methyl sites for hydroxylation is 1. The number of aliphatic hydroxyl groups is 1. The first kappa shape index (κ1) is 12.6. The summed E-state index contributed by atoms with van der Waals surface area (Å²) in [6, 6.07) is 0.160. The predicted octanol–water partition coefficient (Wildman–Crippen LogP) is 0.654. The summed E-state index contributed by atoms with van der Waals surface area (Å²) in [5.41, 5.74) is 2.05. The molecule has 0 spiro atoms. The topological polar surface area (TPSA) is 44.5 Å². The van der Waals surface area contributed by atoms with Crippen LogP contribution in [0.1, 0.15) is 12.5 Å². The average molecular weight is 260 g/mol. The molecule has 1 aliphatic carbocycles. The molecule has 3 unspecified atom stereocenters. The van der Waals surface area contributed by atoms with E-state index in [9.17, 15) is 5.11 Å². The monoisotopic (exact) mass is 260 g/mol. The van der Waals surface area contributed by atoms with Crippen LogP contribution >= 0.6 is 0 Å². The van der Waals surface area contributed by atoms with Gasteiger partial charge in [0.1, 0.15) is 0 Å². The first-order chi connectivity index (χ1) is 8.96. The van der Waals surface area contributed by atoms with Crippen molar-refractivity contribution in [3.63, 3.8) is 0 Å². The van der Waals surface area contributed by atoms with E-state index in [0.29, 0.717) is 0 Å². The normalized spacial score (nSPS) is 35.5. The zero-order valence-corrected chi connectivity index (χ0v) is 11.8. The van der Waals surface area contributed by atoms with Crippen molar-refractivity contribution in [2.45, 2.75) is 24.9 Å². The molecule has 2 heterocycles. The highest BCUT2D eigenvalue weighted by molar-refractivity contribution is 5.76. The Kier molecular flexibility index (Phi) is 2.67. The Morgan fingerprint density at radius 2 is 2.05 bits per heavy atom. The lowest BCUT2D eigenvalue weighted by molar-refractivity contribution is -0.0476. The molecule has 0 bridgehead atoms. The van der Waals surface area contributed by atoms with Crippen LogP contribution in [0.25, 0.3) is 5.57 Å². The fraction of sp³-hybridized carbons (Fsp3) is 0.500. The minimum atomic E-state index is -0.571. The molecule has 3 atom stereocenters. The molecular formula is C14H20N4O. The molecule has 1 aliphatic heterocycles. The lowest BCUT2D eigenvalue weighted by Crippen LogP contribution is -2.49. The molecule has 3 rings (SSSR count). The maximum absolute atomic E-state index is 10.3. The Hall–Kier alpha value is -1.43. The van der Waals surface area contributed by atoms with Gasteiger partial charge in [0.05, 0.1) is 17.8 Å². The fourth-order valence-corrected chi connectivity index (χ4v) is 3.31. The van der Waals surface area contributed by atoms with Gasteiger partial charge < -0.3 is 5.11 Å². The van der Waals surface area contributed by atoms with Crippen LogP contribution in [0, 0.1) is 0 Å². The van der Waals surface area contributed by atoms with E-state index in [1.165, 1.54) is 5.57 Å². The Balaban J connectivity index is 2.11. The summed E-state index contributed by atoms with van der Waals surface area (Å²) in [4.78, 5) is 4.00. The second kappa shape index (κ2) is 4.03. The second-order valence-corrected chi connectivity index (χ2v) is 5.58. The van der Waals surface area contributed by atoms with Gasteiger partial charge >= 0.3 is 0 Å². The number of allylic oxidation sites excluding steroid dienone is 2. The van der Waals surface area contributed by atoms with Gasteiger partial charge in [0, 0.05) is 18.8 Å². The molecule has 0 saturated carbocycles. The van der Waals surface area contributed by atoms with Gasteiger partial charge in [-0.2, -0.15) is 5.10 Å². The maximum atomic E-state index is 10.3. The minimum Gasteiger partial charge on any atom is -0.365 e. The average Bonchev–Trinajstić information content (AvgIpc) is 2.88. The van der Waals surface area contributed by atoms with E-state index in [1.54, 1.807) is 0 Å². The first-order valence-electron chi connectivity index (χ1n) is 6.47. The molecule has 1 aromatic rings. The number of aromatic nitrogens is 2. The Bertz CT molecular complexity index is 562. The Morgan fingerprint density at radius 3 is 2.68 bits per heavy atom. The SMILES string of the molecule is CN1C(O)N(C)C2(C)C(c3cnn(C)c3)=CC=CC12. The summed E-state index contributed by atoms with van der Waals surface area (Å²) >= 11 is 0. The predicted molar refractivity (Wildman–Crippen MR) is 74.1 cm³/mol. The molecule has 2 aliphatic rings. The van der Waals surface area contributed by atoms with Crippen LogP contribution in [0.4, 0.5) is 0 Å². The van der Waals surface area contributed by atoms with Crippen molar-refractivity contribution in [1.29, 1.82) is 0 Å². The lowest BCUT2D eigenvalue weighted by Gasteiger charge is -2.39. The van der Waals surface area contributed by atoms with E-state index in [-0.39, 0.29) is 11.6 Å². The molecule has 5 heteroatoms. The van der Waals surface area contributed by atoms with Crippen molar-refractivity contribution < 1.29 is 5.11 Å². The van der Waals surface area contributed by atoms with Crippen LogP contribution in [0.3, 0.4) is 0 Å². The van der Waals surface area contributed by atoms with Gasteiger partial charge in [0.25, 0.3) is 0 Å². The molecule has 1 N–H and O–H groups in total. The quantitative estimate of drug-likeness (QED) is 0.805. The number of nitrogens with zero attached hydrogens (tertiary/aromatic N) is 4. The number of likely N-dealkylation sites (N-methyl/N-ethyl adjacent to an activating group) is 2. The van der Waals surface area contributed by atoms with E-state index in [1.807, 2.05) is 48.0 Å². The number of hydrogen-bond donors (Lipinski definition) is 1. The van der Waals surface area contributed by atoms with Gasteiger partial charge in [0.2, 0.25) is 0 Å². The largest absolute Gasteiger partial charge is 0.365 e. The third-order valence-electron chi connectivity index (χ3n) is 4.58. The van der Waals surface area contributed by atoms with Gasteiger partial charge in [0.15, 0.2) is 6.35 Å². The Labute approximate surface area is 113 Å². The smallest absolute Gasteiger partial charge is 0.166 e. The highest BCUT2D eigenvalue weighted by Crippen LogP contribution is 2.44. The summed E-state index contributed by atoms with van der Waals surface area (Å²) in [7, 11) is 5.83. The molecule has 19 heavy (non-hydrogen) atoms. The summed E-state index contributed by atoms with van der Waals surface area (Å²) < 4.78 is 1.81. The highest BCUT2D eigenvalue weighted by atomic mass is 16.3. The molecule has 1 fully saturated rings. The molecular weight excluding hydrogens is 240 g/mol. The van der Waals surface area contributed by atoms with Crippen LogP contribution in [-0.4, -0.2) is 56.7 Å². The molecule has 0 aromatic carbocycles. The van der Waals surface area contributed by atoms with Crippen molar-refractivity contribution in [3.8, 4) is 0 Å². The van der Waals surface area contributed by atoms with Crippen LogP contribution in [-0.2, 0) is 7.05 Å².